The van der Waals surface area contributed by atoms with E-state index in [2.05, 4.69) is 0 Å². The lowest BCUT2D eigenvalue weighted by Gasteiger charge is -2.11. The zero-order valence-corrected chi connectivity index (χ0v) is 9.32. The van der Waals surface area contributed by atoms with Crippen molar-refractivity contribution in [2.24, 2.45) is 0 Å². The van der Waals surface area contributed by atoms with Crippen LogP contribution in [0.4, 0.5) is 18.9 Å². The molecule has 0 aromatic heterocycles. The highest BCUT2D eigenvalue weighted by molar-refractivity contribution is 6.39. The van der Waals surface area contributed by atoms with Crippen molar-refractivity contribution in [3.05, 3.63) is 28.8 Å². The van der Waals surface area contributed by atoms with Gasteiger partial charge in [-0.15, -0.1) is 0 Å². The van der Waals surface area contributed by atoms with Crippen molar-refractivity contribution in [2.75, 3.05) is 5.32 Å². The number of hydrogen-bond donors (Lipinski definition) is 1. The Labute approximate surface area is 99.6 Å². The van der Waals surface area contributed by atoms with E-state index in [0.29, 0.717) is 6.07 Å². The van der Waals surface area contributed by atoms with E-state index in [1.165, 1.54) is 6.07 Å². The number of Topliss-reactive ketones (excluding diaryl/α,β-unsaturated/α-hetero) is 1. The van der Waals surface area contributed by atoms with Crippen molar-refractivity contribution in [1.29, 1.82) is 0 Å². The minimum absolute atomic E-state index is 0.137. The molecule has 0 fully saturated rings. The highest BCUT2D eigenvalue weighted by Crippen LogP contribution is 2.36. The number of amides is 1. The van der Waals surface area contributed by atoms with E-state index in [-0.39, 0.29) is 5.69 Å². The molecule has 0 aliphatic carbocycles. The fourth-order valence-corrected chi connectivity index (χ4v) is 1.26. The molecule has 0 aliphatic heterocycles. The molecule has 0 saturated carbocycles. The number of alkyl halides is 3. The summed E-state index contributed by atoms with van der Waals surface area (Å²) in [6.07, 6.45) is -4.62. The smallest absolute Gasteiger partial charge is 0.319 e. The van der Waals surface area contributed by atoms with Crippen molar-refractivity contribution < 1.29 is 22.8 Å². The first-order chi connectivity index (χ1) is 7.71. The number of carbonyl (C=O) groups is 2. The van der Waals surface area contributed by atoms with Crippen molar-refractivity contribution in [2.45, 2.75) is 13.1 Å². The maximum Gasteiger partial charge on any atom is 0.417 e. The Hall–Kier alpha value is -1.56. The van der Waals surface area contributed by atoms with Gasteiger partial charge >= 0.3 is 6.18 Å². The van der Waals surface area contributed by atoms with Gasteiger partial charge in [0.1, 0.15) is 0 Å². The van der Waals surface area contributed by atoms with Crippen LogP contribution < -0.4 is 5.32 Å². The highest BCUT2D eigenvalue weighted by atomic mass is 35.5. The van der Waals surface area contributed by atoms with Crippen LogP contribution in [0.2, 0.25) is 5.02 Å². The molecule has 0 aliphatic rings. The Morgan fingerprint density at radius 2 is 1.88 bits per heavy atom. The van der Waals surface area contributed by atoms with E-state index in [1.807, 2.05) is 5.32 Å². The van der Waals surface area contributed by atoms with Gasteiger partial charge in [-0.3, -0.25) is 9.59 Å². The molecule has 7 heteroatoms. The quantitative estimate of drug-likeness (QED) is 0.836. The van der Waals surface area contributed by atoms with Gasteiger partial charge in [-0.1, -0.05) is 11.6 Å². The molecule has 0 radical (unpaired) electrons. The van der Waals surface area contributed by atoms with Gasteiger partial charge in [0.05, 0.1) is 10.6 Å². The molecule has 1 N–H and O–H groups in total. The molecular formula is C10H7ClF3NO2. The van der Waals surface area contributed by atoms with Gasteiger partial charge in [-0.2, -0.15) is 13.2 Å². The second-order valence-electron chi connectivity index (χ2n) is 3.20. The summed E-state index contributed by atoms with van der Waals surface area (Å²) in [4.78, 5) is 21.6. The van der Waals surface area contributed by atoms with E-state index >= 15 is 0 Å². The Bertz CT molecular complexity index is 471. The normalized spacial score (nSPS) is 11.1. The summed E-state index contributed by atoms with van der Waals surface area (Å²) in [6.45, 7) is 1.01. The van der Waals surface area contributed by atoms with Gasteiger partial charge in [0.25, 0.3) is 5.91 Å². The standard InChI is InChI=1S/C10H7ClF3NO2/c1-5(16)9(17)15-6-2-3-8(11)7(4-6)10(12,13)14/h2-4H,1H3,(H,15,17). The number of benzene rings is 1. The van der Waals surface area contributed by atoms with E-state index in [1.54, 1.807) is 0 Å². The Morgan fingerprint density at radius 3 is 2.35 bits per heavy atom. The third-order valence-corrected chi connectivity index (χ3v) is 2.18. The zero-order chi connectivity index (χ0) is 13.2. The molecule has 17 heavy (non-hydrogen) atoms. The van der Waals surface area contributed by atoms with Crippen LogP contribution in [0, 0.1) is 0 Å². The largest absolute Gasteiger partial charge is 0.417 e. The number of carbonyl (C=O) groups excluding carboxylic acids is 2. The Morgan fingerprint density at radius 1 is 1.29 bits per heavy atom. The summed E-state index contributed by atoms with van der Waals surface area (Å²) in [5.41, 5.74) is -1.21. The minimum Gasteiger partial charge on any atom is -0.319 e. The molecule has 1 aromatic rings. The summed E-state index contributed by atoms with van der Waals surface area (Å²) in [5.74, 6) is -1.78. The number of nitrogens with one attached hydrogen (secondary N) is 1. The topological polar surface area (TPSA) is 46.2 Å². The number of ketones is 1. The SMILES string of the molecule is CC(=O)C(=O)Nc1ccc(Cl)c(C(F)(F)F)c1. The van der Waals surface area contributed by atoms with E-state index in [9.17, 15) is 22.8 Å². The first-order valence-corrected chi connectivity index (χ1v) is 4.78. The van der Waals surface area contributed by atoms with Gasteiger partial charge in [0.15, 0.2) is 0 Å². The maximum atomic E-state index is 12.5. The number of halogens is 4. The van der Waals surface area contributed by atoms with Crippen molar-refractivity contribution in [1.82, 2.24) is 0 Å². The van der Waals surface area contributed by atoms with Gasteiger partial charge in [0, 0.05) is 12.6 Å². The third-order valence-electron chi connectivity index (χ3n) is 1.85. The molecule has 0 spiro atoms. The van der Waals surface area contributed by atoms with Gasteiger partial charge < -0.3 is 5.32 Å². The zero-order valence-electron chi connectivity index (χ0n) is 8.56. The minimum atomic E-state index is -4.62. The molecule has 0 heterocycles. The van der Waals surface area contributed by atoms with Gasteiger partial charge in [-0.25, -0.2) is 0 Å². The van der Waals surface area contributed by atoms with Crippen molar-refractivity contribution in [3.8, 4) is 0 Å². The van der Waals surface area contributed by atoms with Crippen molar-refractivity contribution >= 4 is 29.0 Å². The fraction of sp³-hybridized carbons (Fsp3) is 0.200. The van der Waals surface area contributed by atoms with E-state index in [0.717, 1.165) is 13.0 Å². The number of hydrogen-bond acceptors (Lipinski definition) is 2. The molecule has 1 aromatic carbocycles. The monoisotopic (exact) mass is 265 g/mol. The van der Waals surface area contributed by atoms with Crippen LogP contribution in [0.1, 0.15) is 12.5 Å². The summed E-state index contributed by atoms with van der Waals surface area (Å²) in [7, 11) is 0. The Balaban J connectivity index is 3.05. The Kier molecular flexibility index (Phi) is 3.77. The van der Waals surface area contributed by atoms with Crippen LogP contribution in [-0.2, 0) is 15.8 Å². The van der Waals surface area contributed by atoms with Crippen LogP contribution in [0.3, 0.4) is 0 Å². The molecule has 0 saturated heterocycles. The average Bonchev–Trinajstić information content (AvgIpc) is 2.19. The fourth-order valence-electron chi connectivity index (χ4n) is 1.04. The number of anilines is 1. The first-order valence-electron chi connectivity index (χ1n) is 4.40. The molecular weight excluding hydrogens is 259 g/mol. The third kappa shape index (κ3) is 3.45. The van der Waals surface area contributed by atoms with Crippen LogP contribution >= 0.6 is 11.6 Å². The molecule has 92 valence electrons. The maximum absolute atomic E-state index is 12.5. The lowest BCUT2D eigenvalue weighted by molar-refractivity contribution is -0.137. The van der Waals surface area contributed by atoms with Crippen molar-refractivity contribution in [3.63, 3.8) is 0 Å². The van der Waals surface area contributed by atoms with E-state index in [4.69, 9.17) is 11.6 Å². The second kappa shape index (κ2) is 4.75. The molecule has 1 rings (SSSR count). The van der Waals surface area contributed by atoms with Crippen LogP contribution in [0.25, 0.3) is 0 Å². The summed E-state index contributed by atoms with van der Waals surface area (Å²) in [6, 6.07) is 2.85. The van der Waals surface area contributed by atoms with Crippen LogP contribution in [-0.4, -0.2) is 11.7 Å². The lowest BCUT2D eigenvalue weighted by Crippen LogP contribution is -2.20. The number of rotatable bonds is 2. The predicted molar refractivity (Wildman–Crippen MR) is 55.8 cm³/mol. The summed E-state index contributed by atoms with van der Waals surface area (Å²) in [5, 5.41) is 1.56. The van der Waals surface area contributed by atoms with Gasteiger partial charge in [-0.05, 0) is 18.2 Å². The summed E-state index contributed by atoms with van der Waals surface area (Å²) >= 11 is 5.38. The van der Waals surface area contributed by atoms with E-state index < -0.39 is 28.5 Å². The summed E-state index contributed by atoms with van der Waals surface area (Å²) < 4.78 is 37.4. The molecule has 1 amide bonds. The molecule has 0 unspecified atom stereocenters. The van der Waals surface area contributed by atoms with Gasteiger partial charge in [0.2, 0.25) is 5.78 Å². The second-order valence-corrected chi connectivity index (χ2v) is 3.61. The van der Waals surface area contributed by atoms with Crippen LogP contribution in [0.5, 0.6) is 0 Å². The predicted octanol–water partition coefficient (Wildman–Crippen LogP) is 2.89. The molecule has 0 atom stereocenters. The van der Waals surface area contributed by atoms with Crippen LogP contribution in [0.15, 0.2) is 18.2 Å². The lowest BCUT2D eigenvalue weighted by atomic mass is 10.2. The average molecular weight is 266 g/mol. The molecule has 3 nitrogen and oxygen atoms in total. The first kappa shape index (κ1) is 13.5. The molecule has 0 bridgehead atoms. The highest BCUT2D eigenvalue weighted by Gasteiger charge is 2.33.